The van der Waals surface area contributed by atoms with Gasteiger partial charge in [-0.3, -0.25) is 9.69 Å². The molecule has 23 rings (SSSR count). The Labute approximate surface area is 529 Å². The summed E-state index contributed by atoms with van der Waals surface area (Å²) in [6, 6.07) is 7.45. The van der Waals surface area contributed by atoms with Crippen LogP contribution in [-0.4, -0.2) is 64.6 Å². The van der Waals surface area contributed by atoms with Crippen molar-refractivity contribution in [3.63, 3.8) is 0 Å². The van der Waals surface area contributed by atoms with Gasteiger partial charge in [0.25, 0.3) is 0 Å². The molecule has 0 radical (unpaired) electrons. The van der Waals surface area contributed by atoms with Gasteiger partial charge in [-0.1, -0.05) is 105 Å². The molecule has 22 atom stereocenters. The molecule has 8 nitrogen and oxygen atoms in total. The fraction of sp³-hybridized carbons (Fsp3) is 0.753. The summed E-state index contributed by atoms with van der Waals surface area (Å²) in [5.74, 6) is 13.8. The number of benzene rings is 1. The first kappa shape index (κ1) is 53.3. The molecule has 15 aliphatic carbocycles. The summed E-state index contributed by atoms with van der Waals surface area (Å²) in [7, 11) is 0. The normalized spacial score (nSPS) is 52.3. The summed E-state index contributed by atoms with van der Waals surface area (Å²) in [6.07, 6.45) is 47.4. The zero-order chi connectivity index (χ0) is 58.8. The first-order valence-electron chi connectivity index (χ1n) is 38.0. The molecule has 1 aromatic rings. The molecule has 3 saturated heterocycles. The Morgan fingerprint density at radius 3 is 2.56 bits per heavy atom. The topological polar surface area (TPSA) is 105 Å². The van der Waals surface area contributed by atoms with Crippen LogP contribution in [0.2, 0.25) is 0 Å². The SMILES string of the molecule is C[C@@H]1CC2=C3[C@@H]4C5=C6[C@H]7C[C@]41CCC7=C[C@@H]([C@@H]1CCCC4(CCCC4)C1)C[C@H]1[C@]64C(=O)O/C(=C(\O)C[C@@H]6[C@H]7CC8(CCCC8)[C@@]8(CCC[C@]89CCC[C@@H]9C#CC[C@@H]8[C@@H]9CN3[C@H]3[C@H](C2)[C@@H]2C=C[C@@]3(CN68)[C@H]9C2)C7)[C@@]4(CC5)[C@]12OC(=O)c1c(CCCN)cccc12. The highest BCUT2D eigenvalue weighted by Gasteiger charge is 2.95. The number of hydrogen-bond acceptors (Lipinski definition) is 8. The van der Waals surface area contributed by atoms with Crippen LogP contribution >= 0.6 is 0 Å². The van der Waals surface area contributed by atoms with Crippen LogP contribution in [0, 0.1) is 126 Å². The van der Waals surface area contributed by atoms with Crippen molar-refractivity contribution in [1.29, 1.82) is 0 Å². The lowest BCUT2D eigenvalue weighted by atomic mass is 9.26. The summed E-state index contributed by atoms with van der Waals surface area (Å²) >= 11 is 0. The van der Waals surface area contributed by atoms with Gasteiger partial charge in [0.1, 0.15) is 11.2 Å². The maximum atomic E-state index is 17.4. The van der Waals surface area contributed by atoms with E-state index in [1.807, 2.05) is 0 Å². The van der Waals surface area contributed by atoms with Gasteiger partial charge in [0.05, 0.1) is 11.0 Å². The third-order valence-electron chi connectivity index (χ3n) is 34.8. The second-order valence-electron chi connectivity index (χ2n) is 36.3. The number of rotatable bonds is 4. The van der Waals surface area contributed by atoms with Crippen LogP contribution in [0.3, 0.4) is 0 Å². The van der Waals surface area contributed by atoms with E-state index in [-0.39, 0.29) is 69.4 Å². The molecule has 8 heteroatoms. The van der Waals surface area contributed by atoms with Crippen LogP contribution in [0.15, 0.2) is 75.9 Å². The highest BCUT2D eigenvalue weighted by Crippen LogP contribution is 2.90. The molecule has 89 heavy (non-hydrogen) atoms. The van der Waals surface area contributed by atoms with E-state index >= 15 is 9.59 Å². The van der Waals surface area contributed by atoms with Gasteiger partial charge in [-0.25, -0.2) is 4.79 Å². The van der Waals surface area contributed by atoms with Crippen molar-refractivity contribution in [2.75, 3.05) is 19.6 Å². The summed E-state index contributed by atoms with van der Waals surface area (Å²) in [5.41, 5.74) is 15.3. The number of fused-ring (bicyclic) bond motifs is 7. The Kier molecular flexibility index (Phi) is 10.3. The Bertz CT molecular complexity index is 3650. The van der Waals surface area contributed by atoms with Gasteiger partial charge in [-0.05, 0) is 252 Å². The van der Waals surface area contributed by atoms with Gasteiger partial charge >= 0.3 is 11.9 Å². The molecule has 7 heterocycles. The number of nitrogens with zero attached hydrogens (tertiary/aromatic N) is 2. The number of hydrogen-bond donors (Lipinski definition) is 2. The van der Waals surface area contributed by atoms with Crippen LogP contribution in [0.1, 0.15) is 234 Å². The van der Waals surface area contributed by atoms with Gasteiger partial charge in [0, 0.05) is 84.4 Å². The van der Waals surface area contributed by atoms with E-state index in [9.17, 15) is 5.11 Å². The predicted octanol–water partition coefficient (Wildman–Crippen LogP) is 15.7. The molecule has 3 N–H and O–H groups in total. The van der Waals surface area contributed by atoms with E-state index in [0.717, 1.165) is 68.3 Å². The van der Waals surface area contributed by atoms with Crippen LogP contribution in [0.5, 0.6) is 0 Å². The largest absolute Gasteiger partial charge is 0.509 e. The summed E-state index contributed by atoms with van der Waals surface area (Å²) in [5, 5.41) is 14.7. The van der Waals surface area contributed by atoms with E-state index in [1.165, 1.54) is 160 Å². The summed E-state index contributed by atoms with van der Waals surface area (Å²) < 4.78 is 15.4. The van der Waals surface area contributed by atoms with Crippen molar-refractivity contribution in [2.45, 2.75) is 243 Å². The van der Waals surface area contributed by atoms with Gasteiger partial charge in [-0.15, -0.1) is 5.92 Å². The van der Waals surface area contributed by atoms with Gasteiger partial charge in [0.2, 0.25) is 0 Å². The fourth-order valence-corrected chi connectivity index (χ4v) is 32.6. The van der Waals surface area contributed by atoms with Crippen molar-refractivity contribution < 1.29 is 24.2 Å². The van der Waals surface area contributed by atoms with E-state index in [2.05, 4.69) is 65.0 Å². The monoisotopic (exact) mass is 1190 g/mol. The van der Waals surface area contributed by atoms with E-state index in [4.69, 9.17) is 15.2 Å². The van der Waals surface area contributed by atoms with Crippen molar-refractivity contribution in [1.82, 2.24) is 9.80 Å². The molecule has 0 unspecified atom stereocenters. The lowest BCUT2D eigenvalue weighted by molar-refractivity contribution is -0.284. The number of carbonyl (C=O) groups is 2. The minimum Gasteiger partial charge on any atom is -0.509 e. The molecule has 468 valence electrons. The fourth-order valence-electron chi connectivity index (χ4n) is 32.6. The minimum absolute atomic E-state index is 0.0242. The van der Waals surface area contributed by atoms with Crippen LogP contribution in [0.4, 0.5) is 0 Å². The number of esters is 2. The van der Waals surface area contributed by atoms with E-state index in [1.54, 1.807) is 22.4 Å². The number of aliphatic hydroxyl groups excluding tert-OH is 1. The zero-order valence-corrected chi connectivity index (χ0v) is 53.6. The lowest BCUT2D eigenvalue weighted by Gasteiger charge is -2.76. The Hall–Kier alpha value is -4.06. The number of ether oxygens (including phenoxy) is 2. The first-order valence-corrected chi connectivity index (χ1v) is 38.0. The van der Waals surface area contributed by atoms with Gasteiger partial charge < -0.3 is 25.2 Å². The Morgan fingerprint density at radius 2 is 1.67 bits per heavy atom. The highest BCUT2D eigenvalue weighted by molar-refractivity contribution is 6.00. The average molecular weight is 1190 g/mol. The smallest absolute Gasteiger partial charge is 0.339 e. The van der Waals surface area contributed by atoms with Crippen LogP contribution < -0.4 is 5.73 Å². The number of carbonyl (C=O) groups excluding carboxylic acids is 2. The lowest BCUT2D eigenvalue weighted by Crippen LogP contribution is -2.79. The van der Waals surface area contributed by atoms with Crippen molar-refractivity contribution in [3.05, 3.63) is 92.6 Å². The third-order valence-corrected chi connectivity index (χ3v) is 34.8. The molecule has 0 aromatic heterocycles. The van der Waals surface area contributed by atoms with E-state index < -0.39 is 16.4 Å². The number of allylic oxidation sites excluding steroid dienone is 5. The quantitative estimate of drug-likeness (QED) is 0.175. The summed E-state index contributed by atoms with van der Waals surface area (Å²) in [6.45, 7) is 5.42. The summed E-state index contributed by atoms with van der Waals surface area (Å²) in [4.78, 5) is 39.7. The van der Waals surface area contributed by atoms with Gasteiger partial charge in [-0.2, -0.15) is 0 Å². The third kappa shape index (κ3) is 5.72. The maximum absolute atomic E-state index is 17.4. The van der Waals surface area contributed by atoms with Crippen molar-refractivity contribution >= 4 is 11.9 Å². The standard InChI is InChI=1S/C81H99N3O5/c1-46-34-52-36-56-49-20-31-76-45-84-61-18-7-15-54-16-9-27-77(54)28-11-29-78(77)42-53(41-74(78)25-4-5-26-74)62(84)39-63(85)70-79-32-21-55-66-57-43-75(46,67(55)68(52)83(69(56)76)44-58(61)60(76)37-49)30-19-48(57)35-51(50-13-8-24-73(40-50)22-2-3-23-73)38-64(80(66,79)72(87)88-70)81(79)59-17-6-12-47(14-10-33-82)65(59)71(86)89-81/h6,12,17,20,31,35,46,49-51,53-54,56-58,60-62,64,67,69,85H,2-5,8-11,13-14,16,18-19,21-30,32-34,36-45,82H2,1H3/b48-35?,70-63-/t46-,49-,50-,51-,53+,54+,56-,57+,58-,60+,61-,62-,64+,67+,69+,75+,76-,77+,78-,79-,80-,81-/m1/s1. The van der Waals surface area contributed by atoms with Crippen molar-refractivity contribution in [3.8, 4) is 11.8 Å². The number of nitrogens with two attached hydrogens (primary N) is 1. The Morgan fingerprint density at radius 1 is 0.820 bits per heavy atom. The minimum atomic E-state index is -1.18. The van der Waals surface area contributed by atoms with Crippen molar-refractivity contribution in [2.24, 2.45) is 120 Å². The second kappa shape index (κ2) is 17.3. The van der Waals surface area contributed by atoms with Crippen LogP contribution in [-0.2, 0) is 26.3 Å². The maximum Gasteiger partial charge on any atom is 0.339 e. The molecular weight excluding hydrogens is 1090 g/mol. The molecule has 0 amide bonds. The van der Waals surface area contributed by atoms with Gasteiger partial charge in [0.15, 0.2) is 11.4 Å². The first-order chi connectivity index (χ1) is 43.4. The Balaban J connectivity index is 0.833. The molecule has 9 spiro atoms. The molecule has 22 aliphatic rings. The van der Waals surface area contributed by atoms with Crippen LogP contribution in [0.25, 0.3) is 0 Å². The van der Waals surface area contributed by atoms with E-state index in [0.29, 0.717) is 102 Å². The zero-order valence-electron chi connectivity index (χ0n) is 53.6. The highest BCUT2D eigenvalue weighted by atomic mass is 16.6. The molecule has 1 aromatic carbocycles. The molecular formula is C81H99N3O5. The molecule has 7 aliphatic heterocycles. The number of aryl methyl sites for hydroxylation is 1. The number of aliphatic hydroxyl groups is 1. The number of piperidine rings is 2. The second-order valence-corrected chi connectivity index (χ2v) is 36.3. The molecule has 12 fully saturated rings. The molecule has 9 saturated carbocycles. The molecule has 14 bridgehead atoms. The average Bonchev–Trinajstić information content (AvgIpc) is 1.54. The predicted molar refractivity (Wildman–Crippen MR) is 341 cm³/mol.